The molecule has 0 amide bonds. The highest BCUT2D eigenvalue weighted by Crippen LogP contribution is 2.30. The van der Waals surface area contributed by atoms with Crippen molar-refractivity contribution in [2.24, 2.45) is 0 Å². The van der Waals surface area contributed by atoms with Gasteiger partial charge >= 0.3 is 23.9 Å². The molecule has 0 bridgehead atoms. The van der Waals surface area contributed by atoms with Crippen LogP contribution in [-0.2, 0) is 42.9 Å². The van der Waals surface area contributed by atoms with Crippen molar-refractivity contribution >= 4 is 23.9 Å². The molecule has 0 aliphatic carbocycles. The lowest BCUT2D eigenvalue weighted by atomic mass is 10.0. The predicted molar refractivity (Wildman–Crippen MR) is 242 cm³/mol. The molecule has 0 aromatic heterocycles. The van der Waals surface area contributed by atoms with Crippen molar-refractivity contribution in [2.75, 3.05) is 47.9 Å². The monoisotopic (exact) mass is 853 g/mol. The van der Waals surface area contributed by atoms with Crippen LogP contribution in [0.1, 0.15) is 219 Å². The molecule has 1 aliphatic rings. The van der Waals surface area contributed by atoms with Crippen molar-refractivity contribution in [3.05, 3.63) is 0 Å². The molecule has 1 unspecified atom stereocenters. The fourth-order valence-corrected chi connectivity index (χ4v) is 7.70. The van der Waals surface area contributed by atoms with Gasteiger partial charge in [0.05, 0.1) is 0 Å². The summed E-state index contributed by atoms with van der Waals surface area (Å²) in [5.41, 5.74) is 0. The van der Waals surface area contributed by atoms with Crippen molar-refractivity contribution in [2.45, 2.75) is 244 Å². The van der Waals surface area contributed by atoms with Crippen LogP contribution >= 0.6 is 0 Å². The summed E-state index contributed by atoms with van der Waals surface area (Å²) in [7, 11) is 7.75. The number of unbranched alkanes of at least 4 members (excludes halogenated alkanes) is 24. The average molecular weight is 853 g/mol. The normalized spacial score (nSPS) is 17.7. The largest absolute Gasteiger partial charge is 0.463 e. The van der Waals surface area contributed by atoms with Gasteiger partial charge in [0.15, 0.2) is 6.10 Å². The first-order valence-corrected chi connectivity index (χ1v) is 24.8. The molecular formula is C49H92N2O9. The molecule has 0 spiro atoms. The van der Waals surface area contributed by atoms with E-state index in [0.717, 1.165) is 45.1 Å². The van der Waals surface area contributed by atoms with E-state index >= 15 is 0 Å². The van der Waals surface area contributed by atoms with Crippen LogP contribution < -0.4 is 0 Å². The minimum atomic E-state index is -1.29. The Morgan fingerprint density at radius 2 is 0.717 bits per heavy atom. The number of esters is 4. The van der Waals surface area contributed by atoms with Crippen LogP contribution in [0.4, 0.5) is 0 Å². The van der Waals surface area contributed by atoms with E-state index in [4.69, 9.17) is 23.7 Å². The van der Waals surface area contributed by atoms with Crippen LogP contribution in [0.3, 0.4) is 0 Å². The second-order valence-electron chi connectivity index (χ2n) is 17.9. The van der Waals surface area contributed by atoms with Gasteiger partial charge in [-0.3, -0.25) is 19.2 Å². The van der Waals surface area contributed by atoms with Crippen LogP contribution in [0.2, 0.25) is 0 Å². The minimum absolute atomic E-state index is 0.146. The molecule has 11 nitrogen and oxygen atoms in total. The molecule has 1 saturated heterocycles. The summed E-state index contributed by atoms with van der Waals surface area (Å²) in [6.45, 7) is 5.71. The molecule has 4 atom stereocenters. The zero-order chi connectivity index (χ0) is 44.1. The van der Waals surface area contributed by atoms with E-state index in [-0.39, 0.29) is 32.3 Å². The molecule has 0 saturated carbocycles. The van der Waals surface area contributed by atoms with Gasteiger partial charge in [-0.1, -0.05) is 168 Å². The summed E-state index contributed by atoms with van der Waals surface area (Å²) in [5, 5.41) is 0. The third kappa shape index (κ3) is 31.6. The molecule has 1 aliphatic heterocycles. The zero-order valence-corrected chi connectivity index (χ0v) is 39.6. The third-order valence-corrected chi connectivity index (χ3v) is 11.4. The Morgan fingerprint density at radius 1 is 0.400 bits per heavy atom. The molecule has 352 valence electrons. The van der Waals surface area contributed by atoms with E-state index in [1.54, 1.807) is 0 Å². The van der Waals surface area contributed by atoms with E-state index in [0.29, 0.717) is 32.2 Å². The summed E-state index contributed by atoms with van der Waals surface area (Å²) in [6.07, 6.45) is 28.6. The maximum atomic E-state index is 13.3. The first-order valence-electron chi connectivity index (χ1n) is 24.8. The van der Waals surface area contributed by atoms with E-state index in [9.17, 15) is 19.2 Å². The minimum Gasteiger partial charge on any atom is -0.463 e. The lowest BCUT2D eigenvalue weighted by Crippen LogP contribution is -2.42. The molecule has 60 heavy (non-hydrogen) atoms. The molecule has 0 radical (unpaired) electrons. The number of rotatable bonds is 41. The topological polar surface area (TPSA) is 121 Å². The summed E-state index contributed by atoms with van der Waals surface area (Å²) < 4.78 is 29.4. The quantitative estimate of drug-likeness (QED) is 0.0332. The number of carbonyl (C=O) groups excluding carboxylic acids is 4. The maximum Gasteiger partial charge on any atom is 0.308 e. The van der Waals surface area contributed by atoms with Crippen LogP contribution in [0.5, 0.6) is 0 Å². The highest BCUT2D eigenvalue weighted by molar-refractivity contribution is 5.72. The Bertz CT molecular complexity index is 1070. The summed E-state index contributed by atoms with van der Waals surface area (Å²) in [5.74, 6) is -1.81. The molecule has 0 aromatic carbocycles. The SMILES string of the molecule is CCCCCCCCCCCCCCCC(=O)OC1[C@H](OC(=O)CCCN(C)C)O[C@H](COC(=O)CCCN(C)C)[C@@H]1OC(=O)CCCCCCCCCCCCCCC. The summed E-state index contributed by atoms with van der Waals surface area (Å²) in [6, 6.07) is 0. The van der Waals surface area contributed by atoms with Gasteiger partial charge in [-0.05, 0) is 67.0 Å². The van der Waals surface area contributed by atoms with Gasteiger partial charge in [0.2, 0.25) is 12.4 Å². The molecule has 11 heteroatoms. The van der Waals surface area contributed by atoms with Gasteiger partial charge in [-0.25, -0.2) is 0 Å². The van der Waals surface area contributed by atoms with E-state index in [1.807, 2.05) is 38.0 Å². The maximum absolute atomic E-state index is 13.3. The fraction of sp³-hybridized carbons (Fsp3) is 0.918. The molecular weight excluding hydrogens is 761 g/mol. The lowest BCUT2D eigenvalue weighted by molar-refractivity contribution is -0.200. The predicted octanol–water partition coefficient (Wildman–Crippen LogP) is 11.3. The number of carbonyl (C=O) groups is 4. The number of ether oxygens (including phenoxy) is 5. The average Bonchev–Trinajstić information content (AvgIpc) is 3.50. The Labute approximate surface area is 367 Å². The number of hydrogen-bond acceptors (Lipinski definition) is 11. The molecule has 1 heterocycles. The Kier molecular flexibility index (Phi) is 35.7. The first-order chi connectivity index (χ1) is 29.1. The molecule has 0 N–H and O–H groups in total. The van der Waals surface area contributed by atoms with Crippen molar-refractivity contribution in [3.63, 3.8) is 0 Å². The van der Waals surface area contributed by atoms with Crippen LogP contribution in [0.15, 0.2) is 0 Å². The molecule has 0 aromatic rings. The summed E-state index contributed by atoms with van der Waals surface area (Å²) >= 11 is 0. The molecule has 1 rings (SSSR count). The van der Waals surface area contributed by atoms with Crippen molar-refractivity contribution < 1.29 is 42.9 Å². The van der Waals surface area contributed by atoms with Crippen LogP contribution in [-0.4, -0.2) is 106 Å². The smallest absolute Gasteiger partial charge is 0.308 e. The van der Waals surface area contributed by atoms with E-state index in [2.05, 4.69) is 13.8 Å². The van der Waals surface area contributed by atoms with Gasteiger partial charge < -0.3 is 33.5 Å². The third-order valence-electron chi connectivity index (χ3n) is 11.4. The highest BCUT2D eigenvalue weighted by atomic mass is 16.8. The second kappa shape index (κ2) is 38.4. The van der Waals surface area contributed by atoms with E-state index in [1.165, 1.54) is 116 Å². The van der Waals surface area contributed by atoms with Gasteiger partial charge in [0, 0.05) is 25.7 Å². The van der Waals surface area contributed by atoms with Crippen LogP contribution in [0, 0.1) is 0 Å². The van der Waals surface area contributed by atoms with Crippen molar-refractivity contribution in [1.29, 1.82) is 0 Å². The number of nitrogens with zero attached hydrogens (tertiary/aromatic N) is 2. The lowest BCUT2D eigenvalue weighted by Gasteiger charge is -2.24. The summed E-state index contributed by atoms with van der Waals surface area (Å²) in [4.78, 5) is 56.3. The van der Waals surface area contributed by atoms with E-state index < -0.39 is 48.5 Å². The van der Waals surface area contributed by atoms with Gasteiger partial charge in [-0.2, -0.15) is 0 Å². The highest BCUT2D eigenvalue weighted by Gasteiger charge is 2.52. The second-order valence-corrected chi connectivity index (χ2v) is 17.9. The Morgan fingerprint density at radius 3 is 1.10 bits per heavy atom. The van der Waals surface area contributed by atoms with Gasteiger partial charge in [0.1, 0.15) is 12.7 Å². The number of hydrogen-bond donors (Lipinski definition) is 0. The first kappa shape index (κ1) is 55.8. The Hall–Kier alpha value is -2.24. The van der Waals surface area contributed by atoms with Gasteiger partial charge in [0.25, 0.3) is 0 Å². The standard InChI is InChI=1S/C49H92N2O9/c1-7-9-11-13-15-17-19-21-23-25-27-29-31-35-44(53)58-47-42(41-56-43(52)37-33-39-50(3)4)57-49(60-46(55)38-34-40-51(5)6)48(47)59-45(54)36-32-30-28-26-24-22-20-18-16-14-12-10-8-2/h42,47-49H,7-41H2,1-6H3/t42-,47+,48?,49+/m1/s1. The Balaban J connectivity index is 2.79. The van der Waals surface area contributed by atoms with Crippen LogP contribution in [0.25, 0.3) is 0 Å². The fourth-order valence-electron chi connectivity index (χ4n) is 7.70. The van der Waals surface area contributed by atoms with Crippen molar-refractivity contribution in [3.8, 4) is 0 Å². The van der Waals surface area contributed by atoms with Gasteiger partial charge in [-0.15, -0.1) is 0 Å². The van der Waals surface area contributed by atoms with Crippen molar-refractivity contribution in [1.82, 2.24) is 9.80 Å². The zero-order valence-electron chi connectivity index (χ0n) is 39.6. The molecule has 1 fully saturated rings.